The van der Waals surface area contributed by atoms with E-state index >= 15 is 0 Å². The molecule has 5 rings (SSSR count). The van der Waals surface area contributed by atoms with Crippen LogP contribution in [0, 0.1) is 71.0 Å². The van der Waals surface area contributed by atoms with E-state index in [4.69, 9.17) is 4.74 Å². The molecule has 1 aliphatic heterocycles. The molecule has 1 heterocycles. The van der Waals surface area contributed by atoms with Gasteiger partial charge in [-0.05, 0) is 73.0 Å². The number of esters is 2. The molecule has 12 unspecified atom stereocenters. The molecule has 40 heavy (non-hydrogen) atoms. The Morgan fingerprint density at radius 1 is 0.825 bits per heavy atom. The highest BCUT2D eigenvalue weighted by molar-refractivity contribution is 6.90. The van der Waals surface area contributed by atoms with Crippen molar-refractivity contribution in [1.29, 1.82) is 0 Å². The first-order valence-corrected chi connectivity index (χ1v) is 22.4. The summed E-state index contributed by atoms with van der Waals surface area (Å²) in [5, 5.41) is 19.0. The number of hydrogen-bond donors (Lipinski definition) is 3. The van der Waals surface area contributed by atoms with Crippen molar-refractivity contribution in [3.63, 3.8) is 0 Å². The van der Waals surface area contributed by atoms with Crippen LogP contribution in [0.5, 0.6) is 0 Å². The van der Waals surface area contributed by atoms with Gasteiger partial charge in [-0.25, -0.2) is 0 Å². The first kappa shape index (κ1) is 31.6. The van der Waals surface area contributed by atoms with E-state index in [1.54, 1.807) is 6.92 Å². The Kier molecular flexibility index (Phi) is 8.98. The summed E-state index contributed by atoms with van der Waals surface area (Å²) in [4.78, 5) is 49.3. The number of Topliss-reactive ketones (excluding diaryl/α,β-unsaturated/α-hetero) is 1. The molecule has 226 valence electrons. The molecule has 3 N–H and O–H groups in total. The standard InChI is InChI=1S/C24H32O7.C6H19NSi2/c1-9-13-5-11(6-14(13)17(26)3-4-25)18(9)21-15-7-12(8-16(15)22(27)28)20(21)19-10(2)23(29)31-24(19)30;1-8(2,3)7-9(4,5)6/h9-16,18-21,25H,3-8H2,1-2H3,(H,27,28);7H,1-6H3. The average molecular weight is 594 g/mol. The first-order chi connectivity index (χ1) is 18.4. The van der Waals surface area contributed by atoms with Crippen molar-refractivity contribution in [2.24, 2.45) is 71.0 Å². The van der Waals surface area contributed by atoms with Crippen molar-refractivity contribution in [2.45, 2.75) is 85.2 Å². The van der Waals surface area contributed by atoms with Crippen molar-refractivity contribution >= 4 is 40.2 Å². The quantitative estimate of drug-likeness (QED) is 0.215. The maximum atomic E-state index is 12.7. The number of ether oxygens (including phenoxy) is 1. The highest BCUT2D eigenvalue weighted by Gasteiger charge is 2.66. The minimum atomic E-state index is -0.981. The molecule has 10 heteroatoms. The van der Waals surface area contributed by atoms with Gasteiger partial charge in [0.1, 0.15) is 22.3 Å². The van der Waals surface area contributed by atoms with Crippen molar-refractivity contribution in [1.82, 2.24) is 4.65 Å². The maximum absolute atomic E-state index is 12.7. The molecule has 0 aromatic rings. The summed E-state index contributed by atoms with van der Waals surface area (Å²) in [6.45, 7) is 18.0. The number of aliphatic hydroxyl groups is 1. The minimum absolute atomic E-state index is 0.00653. The van der Waals surface area contributed by atoms with Gasteiger partial charge in [-0.2, -0.15) is 0 Å². The molecule has 0 aromatic carbocycles. The van der Waals surface area contributed by atoms with Gasteiger partial charge in [0.15, 0.2) is 0 Å². The normalized spacial score (nSPS) is 42.1. The highest BCUT2D eigenvalue weighted by Crippen LogP contribution is 2.68. The predicted octanol–water partition coefficient (Wildman–Crippen LogP) is 4.40. The van der Waals surface area contributed by atoms with Crippen molar-refractivity contribution in [3.8, 4) is 0 Å². The number of fused-ring (bicyclic) bond motifs is 4. The van der Waals surface area contributed by atoms with Crippen LogP contribution in [0.15, 0.2) is 0 Å². The molecule has 4 aliphatic carbocycles. The number of carboxylic acid groups (broad SMARTS) is 1. The lowest BCUT2D eigenvalue weighted by molar-refractivity contribution is -0.154. The molecule has 0 aromatic heterocycles. The monoisotopic (exact) mass is 593 g/mol. The molecule has 0 spiro atoms. The largest absolute Gasteiger partial charge is 0.481 e. The van der Waals surface area contributed by atoms with Gasteiger partial charge in [0.25, 0.3) is 0 Å². The number of aliphatic carboxylic acids is 1. The zero-order valence-electron chi connectivity index (χ0n) is 25.6. The minimum Gasteiger partial charge on any atom is -0.481 e. The van der Waals surface area contributed by atoms with Crippen LogP contribution in [0.3, 0.4) is 0 Å². The topological polar surface area (TPSA) is 130 Å². The summed E-state index contributed by atoms with van der Waals surface area (Å²) in [7, 11) is -1.96. The highest BCUT2D eigenvalue weighted by atomic mass is 28.4. The smallest absolute Gasteiger partial charge is 0.317 e. The molecule has 4 saturated carbocycles. The Hall–Kier alpha value is -1.37. The Bertz CT molecular complexity index is 1010. The molecule has 1 saturated heterocycles. The van der Waals surface area contributed by atoms with Gasteiger partial charge in [0.05, 0.1) is 17.8 Å². The fraction of sp³-hybridized carbons (Fsp3) is 0.867. The van der Waals surface area contributed by atoms with E-state index in [9.17, 15) is 29.4 Å². The summed E-state index contributed by atoms with van der Waals surface area (Å²) >= 11 is 0. The Morgan fingerprint density at radius 2 is 1.38 bits per heavy atom. The third kappa shape index (κ3) is 6.06. The number of carbonyl (C=O) groups excluding carboxylic acids is 3. The lowest BCUT2D eigenvalue weighted by atomic mass is 9.57. The summed E-state index contributed by atoms with van der Waals surface area (Å²) in [5.41, 5.74) is 0. The van der Waals surface area contributed by atoms with Gasteiger partial charge < -0.3 is 19.6 Å². The second-order valence-corrected chi connectivity index (χ2v) is 25.6. The number of nitrogens with one attached hydrogen (secondary N) is 1. The number of rotatable bonds is 8. The van der Waals surface area contributed by atoms with Crippen molar-refractivity contribution in [3.05, 3.63) is 0 Å². The second-order valence-electron chi connectivity index (χ2n) is 15.6. The summed E-state index contributed by atoms with van der Waals surface area (Å²) < 4.78 is 8.73. The zero-order chi connectivity index (χ0) is 29.9. The summed E-state index contributed by atoms with van der Waals surface area (Å²) in [5.74, 6) is -1.41. The van der Waals surface area contributed by atoms with Crippen LogP contribution >= 0.6 is 0 Å². The number of carbonyl (C=O) groups is 4. The van der Waals surface area contributed by atoms with Gasteiger partial charge in [-0.15, -0.1) is 0 Å². The molecule has 4 bridgehead atoms. The van der Waals surface area contributed by atoms with E-state index in [0.717, 1.165) is 19.3 Å². The SMILES string of the molecule is CC1C(=O)OC(=O)C1C1C2CC(C(=O)O)C(C2)C1C1C2CC(C(=O)CCO)C(C2)C1C.C[Si](C)(C)N[Si](C)(C)C. The van der Waals surface area contributed by atoms with E-state index in [-0.39, 0.29) is 72.1 Å². The van der Waals surface area contributed by atoms with Crippen LogP contribution < -0.4 is 4.65 Å². The average Bonchev–Trinajstić information content (AvgIpc) is 3.59. The Labute approximate surface area is 241 Å². The first-order valence-electron chi connectivity index (χ1n) is 15.4. The molecule has 12 atom stereocenters. The van der Waals surface area contributed by atoms with Gasteiger partial charge in [-0.1, -0.05) is 53.1 Å². The van der Waals surface area contributed by atoms with Gasteiger partial charge in [0, 0.05) is 18.9 Å². The van der Waals surface area contributed by atoms with Crippen LogP contribution in [0.1, 0.15) is 46.0 Å². The third-order valence-electron chi connectivity index (χ3n) is 10.7. The second kappa shape index (κ2) is 11.4. The van der Waals surface area contributed by atoms with Crippen molar-refractivity contribution < 1.29 is 34.1 Å². The molecule has 5 fully saturated rings. The summed E-state index contributed by atoms with van der Waals surface area (Å²) in [6.07, 6.45) is 3.37. The van der Waals surface area contributed by atoms with Crippen LogP contribution in [0.2, 0.25) is 39.3 Å². The van der Waals surface area contributed by atoms with E-state index in [2.05, 4.69) is 50.9 Å². The maximum Gasteiger partial charge on any atom is 0.317 e. The van der Waals surface area contributed by atoms with Crippen LogP contribution in [0.4, 0.5) is 0 Å². The van der Waals surface area contributed by atoms with Crippen molar-refractivity contribution in [2.75, 3.05) is 6.61 Å². The van der Waals surface area contributed by atoms with Gasteiger partial charge in [-0.3, -0.25) is 19.2 Å². The lowest BCUT2D eigenvalue weighted by Gasteiger charge is -2.46. The van der Waals surface area contributed by atoms with Crippen LogP contribution in [-0.4, -0.2) is 57.0 Å². The lowest BCUT2D eigenvalue weighted by Crippen LogP contribution is -2.55. The van der Waals surface area contributed by atoms with E-state index < -0.39 is 46.2 Å². The van der Waals surface area contributed by atoms with Crippen LogP contribution in [-0.2, 0) is 23.9 Å². The Morgan fingerprint density at radius 3 is 1.82 bits per heavy atom. The summed E-state index contributed by atoms with van der Waals surface area (Å²) in [6, 6.07) is 0. The Balaban J connectivity index is 0.000000357. The molecule has 0 amide bonds. The predicted molar refractivity (Wildman–Crippen MR) is 157 cm³/mol. The zero-order valence-corrected chi connectivity index (χ0v) is 27.6. The van der Waals surface area contributed by atoms with E-state index in [0.29, 0.717) is 12.3 Å². The van der Waals surface area contributed by atoms with E-state index in [1.807, 2.05) is 0 Å². The molecule has 0 radical (unpaired) electrons. The van der Waals surface area contributed by atoms with Crippen LogP contribution in [0.25, 0.3) is 0 Å². The van der Waals surface area contributed by atoms with Gasteiger partial charge in [0.2, 0.25) is 0 Å². The molecule has 5 aliphatic rings. The number of carboxylic acids is 1. The van der Waals surface area contributed by atoms with E-state index in [1.165, 1.54) is 0 Å². The number of aliphatic hydroxyl groups excluding tert-OH is 1. The van der Waals surface area contributed by atoms with Gasteiger partial charge >= 0.3 is 17.9 Å². The third-order valence-corrected chi connectivity index (χ3v) is 16.7. The number of ketones is 1. The fourth-order valence-corrected chi connectivity index (χ4v) is 19.1. The molecule has 8 nitrogen and oxygen atoms in total. The fourth-order valence-electron chi connectivity index (χ4n) is 10.1. The number of cyclic esters (lactones) is 2. The number of hydrogen-bond acceptors (Lipinski definition) is 7. The molecular weight excluding hydrogens is 543 g/mol. The molecular formula is C30H51NO7Si2.